The number of aryl methyl sites for hydroxylation is 1. The molecule has 0 aliphatic carbocycles. The molecule has 0 radical (unpaired) electrons. The van der Waals surface area contributed by atoms with Crippen molar-refractivity contribution in [3.63, 3.8) is 0 Å². The predicted molar refractivity (Wildman–Crippen MR) is 125 cm³/mol. The van der Waals surface area contributed by atoms with Crippen molar-refractivity contribution < 1.29 is 4.39 Å². The molecule has 0 bridgehead atoms. The SMILES string of the molecule is Cc1cccc(-c2n[nH]cc2-c2ccc(F)c(-c3ccc(N4CCN(C)CC4)nc3)c2)n1. The lowest BCUT2D eigenvalue weighted by atomic mass is 9.98. The molecule has 0 spiro atoms. The van der Waals surface area contributed by atoms with Crippen LogP contribution in [0.1, 0.15) is 5.69 Å². The average Bonchev–Trinajstić information content (AvgIpc) is 3.30. The van der Waals surface area contributed by atoms with E-state index in [0.29, 0.717) is 5.56 Å². The van der Waals surface area contributed by atoms with Gasteiger partial charge in [0.1, 0.15) is 17.3 Å². The summed E-state index contributed by atoms with van der Waals surface area (Å²) in [6, 6.07) is 14.9. The fraction of sp³-hybridized carbons (Fsp3) is 0.240. The minimum Gasteiger partial charge on any atom is -0.354 e. The topological polar surface area (TPSA) is 60.9 Å². The average molecular weight is 429 g/mol. The smallest absolute Gasteiger partial charge is 0.131 e. The summed E-state index contributed by atoms with van der Waals surface area (Å²) in [7, 11) is 2.13. The van der Waals surface area contributed by atoms with Crippen molar-refractivity contribution in [1.29, 1.82) is 0 Å². The zero-order valence-electron chi connectivity index (χ0n) is 18.2. The lowest BCUT2D eigenvalue weighted by molar-refractivity contribution is 0.312. The maximum absolute atomic E-state index is 14.8. The van der Waals surface area contributed by atoms with Crippen LogP contribution in [0.3, 0.4) is 0 Å². The van der Waals surface area contributed by atoms with E-state index in [9.17, 15) is 4.39 Å². The number of nitrogens with zero attached hydrogens (tertiary/aromatic N) is 5. The molecule has 1 aliphatic rings. The van der Waals surface area contributed by atoms with Crippen LogP contribution in [0, 0.1) is 12.7 Å². The summed E-state index contributed by atoms with van der Waals surface area (Å²) in [6.07, 6.45) is 3.58. The number of halogens is 1. The molecular formula is C25H25FN6. The molecule has 3 aromatic heterocycles. The molecule has 32 heavy (non-hydrogen) atoms. The van der Waals surface area contributed by atoms with Crippen LogP contribution in [0.4, 0.5) is 10.2 Å². The Kier molecular flexibility index (Phi) is 5.41. The molecule has 4 heterocycles. The fourth-order valence-corrected chi connectivity index (χ4v) is 4.06. The van der Waals surface area contributed by atoms with E-state index in [0.717, 1.165) is 65.8 Å². The Labute approximate surface area is 186 Å². The van der Waals surface area contributed by atoms with Crippen LogP contribution in [0.15, 0.2) is 60.9 Å². The van der Waals surface area contributed by atoms with Gasteiger partial charge in [-0.25, -0.2) is 9.37 Å². The van der Waals surface area contributed by atoms with Crippen molar-refractivity contribution >= 4 is 5.82 Å². The summed E-state index contributed by atoms with van der Waals surface area (Å²) in [4.78, 5) is 13.8. The molecule has 4 aromatic rings. The molecule has 0 amide bonds. The minimum absolute atomic E-state index is 0.276. The molecule has 0 atom stereocenters. The van der Waals surface area contributed by atoms with Crippen molar-refractivity contribution in [2.45, 2.75) is 6.92 Å². The first-order valence-electron chi connectivity index (χ1n) is 10.8. The maximum Gasteiger partial charge on any atom is 0.131 e. The number of anilines is 1. The van der Waals surface area contributed by atoms with Gasteiger partial charge in [0.25, 0.3) is 0 Å². The Morgan fingerprint density at radius 2 is 1.75 bits per heavy atom. The van der Waals surface area contributed by atoms with Gasteiger partial charge >= 0.3 is 0 Å². The third-order valence-electron chi connectivity index (χ3n) is 5.93. The molecule has 1 N–H and O–H groups in total. The molecule has 0 saturated carbocycles. The van der Waals surface area contributed by atoms with Gasteiger partial charge in [0.2, 0.25) is 0 Å². The first-order valence-corrected chi connectivity index (χ1v) is 10.8. The number of rotatable bonds is 4. The molecule has 7 heteroatoms. The van der Waals surface area contributed by atoms with E-state index >= 15 is 0 Å². The number of pyridine rings is 2. The monoisotopic (exact) mass is 428 g/mol. The van der Waals surface area contributed by atoms with Crippen molar-refractivity contribution in [2.75, 3.05) is 38.1 Å². The van der Waals surface area contributed by atoms with E-state index in [2.05, 4.69) is 37.0 Å². The van der Waals surface area contributed by atoms with Crippen LogP contribution in [-0.4, -0.2) is 58.3 Å². The number of nitrogens with one attached hydrogen (secondary N) is 1. The summed E-state index contributed by atoms with van der Waals surface area (Å²) in [6.45, 7) is 5.88. The Bertz CT molecular complexity index is 1230. The molecule has 1 saturated heterocycles. The molecule has 1 aliphatic heterocycles. The number of piperazine rings is 1. The van der Waals surface area contributed by atoms with Gasteiger partial charge in [0.05, 0.1) is 5.69 Å². The van der Waals surface area contributed by atoms with Crippen LogP contribution in [0.5, 0.6) is 0 Å². The third-order valence-corrected chi connectivity index (χ3v) is 5.93. The summed E-state index contributed by atoms with van der Waals surface area (Å²) in [5, 5.41) is 7.33. The number of likely N-dealkylation sites (N-methyl/N-ethyl adjacent to an activating group) is 1. The van der Waals surface area contributed by atoms with E-state index < -0.39 is 0 Å². The number of hydrogen-bond donors (Lipinski definition) is 1. The van der Waals surface area contributed by atoms with Crippen molar-refractivity contribution in [3.05, 3.63) is 72.4 Å². The summed E-state index contributed by atoms with van der Waals surface area (Å²) in [5.41, 5.74) is 5.47. The second-order valence-electron chi connectivity index (χ2n) is 8.20. The fourth-order valence-electron chi connectivity index (χ4n) is 4.06. The minimum atomic E-state index is -0.276. The normalized spacial score (nSPS) is 14.7. The maximum atomic E-state index is 14.8. The first kappa shape index (κ1) is 20.3. The number of hydrogen-bond acceptors (Lipinski definition) is 5. The van der Waals surface area contributed by atoms with Gasteiger partial charge in [0, 0.05) is 61.0 Å². The third kappa shape index (κ3) is 3.99. The van der Waals surface area contributed by atoms with Crippen LogP contribution >= 0.6 is 0 Å². The number of aromatic amines is 1. The largest absolute Gasteiger partial charge is 0.354 e. The quantitative estimate of drug-likeness (QED) is 0.522. The summed E-state index contributed by atoms with van der Waals surface area (Å²) >= 11 is 0. The number of benzene rings is 1. The van der Waals surface area contributed by atoms with Crippen LogP contribution in [-0.2, 0) is 0 Å². The van der Waals surface area contributed by atoms with Crippen LogP contribution in [0.25, 0.3) is 33.6 Å². The first-order chi connectivity index (χ1) is 15.6. The van der Waals surface area contributed by atoms with E-state index in [1.165, 1.54) is 6.07 Å². The van der Waals surface area contributed by atoms with Crippen molar-refractivity contribution in [1.82, 2.24) is 25.1 Å². The van der Waals surface area contributed by atoms with Gasteiger partial charge in [-0.05, 0) is 55.9 Å². The number of H-pyrrole nitrogens is 1. The Balaban J connectivity index is 1.46. The van der Waals surface area contributed by atoms with Crippen molar-refractivity contribution in [2.24, 2.45) is 0 Å². The van der Waals surface area contributed by atoms with Crippen LogP contribution < -0.4 is 4.90 Å². The van der Waals surface area contributed by atoms with E-state index in [1.54, 1.807) is 12.3 Å². The van der Waals surface area contributed by atoms with Gasteiger partial charge in [-0.2, -0.15) is 5.10 Å². The Morgan fingerprint density at radius 1 is 0.938 bits per heavy atom. The highest BCUT2D eigenvalue weighted by Gasteiger charge is 2.17. The zero-order valence-corrected chi connectivity index (χ0v) is 18.2. The van der Waals surface area contributed by atoms with Gasteiger partial charge in [-0.15, -0.1) is 0 Å². The van der Waals surface area contributed by atoms with Gasteiger partial charge in [0.15, 0.2) is 0 Å². The molecule has 6 nitrogen and oxygen atoms in total. The summed E-state index contributed by atoms with van der Waals surface area (Å²) in [5.74, 6) is 0.655. The highest BCUT2D eigenvalue weighted by molar-refractivity contribution is 5.81. The predicted octanol–water partition coefficient (Wildman–Crippen LogP) is 4.40. The highest BCUT2D eigenvalue weighted by Crippen LogP contribution is 2.33. The van der Waals surface area contributed by atoms with E-state index in [4.69, 9.17) is 0 Å². The van der Waals surface area contributed by atoms with Crippen molar-refractivity contribution in [3.8, 4) is 33.6 Å². The molecule has 1 fully saturated rings. The van der Waals surface area contributed by atoms with Gasteiger partial charge in [-0.3, -0.25) is 10.1 Å². The molecule has 0 unspecified atom stereocenters. The van der Waals surface area contributed by atoms with Gasteiger partial charge in [-0.1, -0.05) is 12.1 Å². The van der Waals surface area contributed by atoms with E-state index in [1.807, 2.05) is 49.5 Å². The molecule has 5 rings (SSSR count). The Hall–Kier alpha value is -3.58. The van der Waals surface area contributed by atoms with Crippen LogP contribution in [0.2, 0.25) is 0 Å². The lowest BCUT2D eigenvalue weighted by Gasteiger charge is -2.33. The molecule has 1 aromatic carbocycles. The molecular weight excluding hydrogens is 403 g/mol. The second-order valence-corrected chi connectivity index (χ2v) is 8.20. The Morgan fingerprint density at radius 3 is 2.50 bits per heavy atom. The van der Waals surface area contributed by atoms with E-state index in [-0.39, 0.29) is 5.82 Å². The zero-order chi connectivity index (χ0) is 22.1. The van der Waals surface area contributed by atoms with Gasteiger partial charge < -0.3 is 9.80 Å². The highest BCUT2D eigenvalue weighted by atomic mass is 19.1. The standard InChI is InChI=1S/C25H25FN6/c1-17-4-3-5-23(29-17)25-21(16-28-30-25)18-6-8-22(26)20(14-18)19-7-9-24(27-15-19)32-12-10-31(2)11-13-32/h3-9,14-16H,10-13H2,1-2H3,(H,28,30). The molecule has 162 valence electrons. The second kappa shape index (κ2) is 8.51. The number of aromatic nitrogens is 4. The lowest BCUT2D eigenvalue weighted by Crippen LogP contribution is -2.44. The summed E-state index contributed by atoms with van der Waals surface area (Å²) < 4.78 is 14.8.